The number of H-pyrrole nitrogens is 1. The number of rotatable bonds is 6. The third kappa shape index (κ3) is 5.83. The van der Waals surface area contributed by atoms with Crippen LogP contribution in [-0.4, -0.2) is 66.0 Å². The first-order valence-electron chi connectivity index (χ1n) is 15.1. The Bertz CT molecular complexity index is 1630. The minimum Gasteiger partial charge on any atom is -0.444 e. The first-order chi connectivity index (χ1) is 20.3. The van der Waals surface area contributed by atoms with Crippen LogP contribution in [0.4, 0.5) is 10.5 Å². The van der Waals surface area contributed by atoms with Crippen LogP contribution < -0.4 is 10.2 Å². The maximum Gasteiger partial charge on any atom is 0.407 e. The number of hydrogen-bond acceptors (Lipinski definition) is 6. The summed E-state index contributed by atoms with van der Waals surface area (Å²) < 4.78 is 5.24. The smallest absolute Gasteiger partial charge is 0.407 e. The number of carbonyl (C=O) groups excluding carboxylic acids is 3. The first-order valence-corrected chi connectivity index (χ1v) is 15.1. The van der Waals surface area contributed by atoms with Gasteiger partial charge >= 0.3 is 6.09 Å². The van der Waals surface area contributed by atoms with Gasteiger partial charge in [0.2, 0.25) is 5.91 Å². The van der Waals surface area contributed by atoms with Gasteiger partial charge in [-0.1, -0.05) is 26.8 Å². The number of aromatic nitrogens is 1. The van der Waals surface area contributed by atoms with Gasteiger partial charge in [-0.3, -0.25) is 9.59 Å². The molecule has 2 heterocycles. The summed E-state index contributed by atoms with van der Waals surface area (Å²) in [5, 5.41) is 12.9. The van der Waals surface area contributed by atoms with Crippen molar-refractivity contribution in [2.75, 3.05) is 37.6 Å². The minimum absolute atomic E-state index is 0.0121. The predicted molar refractivity (Wildman–Crippen MR) is 167 cm³/mol. The van der Waals surface area contributed by atoms with E-state index in [4.69, 9.17) is 4.74 Å². The van der Waals surface area contributed by atoms with E-state index in [9.17, 15) is 19.6 Å². The molecular formula is C34H41N5O4. The highest BCUT2D eigenvalue weighted by Gasteiger charge is 2.40. The summed E-state index contributed by atoms with van der Waals surface area (Å²) in [4.78, 5) is 46.4. The minimum atomic E-state index is -0.552. The monoisotopic (exact) mass is 583 g/mol. The lowest BCUT2D eigenvalue weighted by Crippen LogP contribution is -2.49. The predicted octanol–water partition coefficient (Wildman–Crippen LogP) is 5.43. The Morgan fingerprint density at radius 2 is 1.84 bits per heavy atom. The Kier molecular flexibility index (Phi) is 7.99. The van der Waals surface area contributed by atoms with Crippen molar-refractivity contribution in [1.82, 2.24) is 15.2 Å². The molecule has 43 heavy (non-hydrogen) atoms. The molecule has 1 aliphatic heterocycles. The quantitative estimate of drug-likeness (QED) is 0.374. The number of nitriles is 1. The van der Waals surface area contributed by atoms with Crippen molar-refractivity contribution in [3.05, 3.63) is 63.8 Å². The van der Waals surface area contributed by atoms with Crippen LogP contribution in [0.5, 0.6) is 0 Å². The van der Waals surface area contributed by atoms with Crippen molar-refractivity contribution < 1.29 is 19.1 Å². The third-order valence-corrected chi connectivity index (χ3v) is 8.51. The number of ketones is 1. The molecule has 1 saturated heterocycles. The van der Waals surface area contributed by atoms with Crippen molar-refractivity contribution in [2.24, 2.45) is 0 Å². The maximum atomic E-state index is 13.9. The van der Waals surface area contributed by atoms with E-state index in [0.29, 0.717) is 56.7 Å². The van der Waals surface area contributed by atoms with Crippen molar-refractivity contribution in [3.63, 3.8) is 0 Å². The lowest BCUT2D eigenvalue weighted by atomic mass is 9.70. The summed E-state index contributed by atoms with van der Waals surface area (Å²) in [6, 6.07) is 11.9. The molecular weight excluding hydrogens is 542 g/mol. The summed E-state index contributed by atoms with van der Waals surface area (Å²) in [6.45, 7) is 14.9. The van der Waals surface area contributed by atoms with Crippen molar-refractivity contribution >= 4 is 34.4 Å². The Balaban J connectivity index is 1.29. The van der Waals surface area contributed by atoms with Gasteiger partial charge in [-0.2, -0.15) is 5.26 Å². The van der Waals surface area contributed by atoms with E-state index in [1.54, 1.807) is 6.07 Å². The zero-order chi connectivity index (χ0) is 31.1. The number of benzene rings is 2. The van der Waals surface area contributed by atoms with Gasteiger partial charge in [0, 0.05) is 72.4 Å². The molecule has 9 heteroatoms. The molecule has 2 amide bonds. The van der Waals surface area contributed by atoms with Gasteiger partial charge in [-0.05, 0) is 69.0 Å². The highest BCUT2D eigenvalue weighted by Crippen LogP contribution is 2.45. The zero-order valence-corrected chi connectivity index (χ0v) is 26.0. The molecule has 1 aliphatic carbocycles. The number of fused-ring (bicyclic) bond motifs is 4. The number of amides is 2. The molecule has 3 aromatic rings. The standard InChI is InChI=1S/C34H41N5O4/c1-7-22-18-24-25(34(5,6)31-29(30(24)41)23-11-10-21(20-35)17-26(23)37-31)19-27(22)38-13-15-39(16-14-38)28(40)9-8-12-36-32(42)43-33(2,3)4/h10-11,17-19,37H,7-9,12-16H2,1-6H3,(H,36,42). The summed E-state index contributed by atoms with van der Waals surface area (Å²) in [5.41, 5.74) is 5.88. The second kappa shape index (κ2) is 11.4. The lowest BCUT2D eigenvalue weighted by Gasteiger charge is -2.39. The number of piperazine rings is 1. The van der Waals surface area contributed by atoms with Gasteiger partial charge < -0.3 is 24.8 Å². The highest BCUT2D eigenvalue weighted by atomic mass is 16.6. The maximum absolute atomic E-state index is 13.9. The third-order valence-electron chi connectivity index (χ3n) is 8.51. The van der Waals surface area contributed by atoms with E-state index in [2.05, 4.69) is 54.2 Å². The first kappa shape index (κ1) is 30.1. The summed E-state index contributed by atoms with van der Waals surface area (Å²) in [7, 11) is 0. The van der Waals surface area contributed by atoms with Crippen LogP contribution in [0.1, 0.15) is 92.7 Å². The molecule has 1 aromatic heterocycles. The van der Waals surface area contributed by atoms with Crippen LogP contribution in [0.15, 0.2) is 30.3 Å². The van der Waals surface area contributed by atoms with Crippen LogP contribution in [0, 0.1) is 11.3 Å². The molecule has 5 rings (SSSR count). The van der Waals surface area contributed by atoms with Crippen LogP contribution >= 0.6 is 0 Å². The molecule has 0 spiro atoms. The fourth-order valence-electron chi connectivity index (χ4n) is 6.26. The topological polar surface area (TPSA) is 119 Å². The average molecular weight is 584 g/mol. The number of ether oxygens (including phenoxy) is 1. The van der Waals surface area contributed by atoms with Crippen molar-refractivity contribution in [3.8, 4) is 6.07 Å². The molecule has 0 radical (unpaired) electrons. The van der Waals surface area contributed by atoms with Crippen LogP contribution in [0.25, 0.3) is 10.9 Å². The molecule has 0 bridgehead atoms. The average Bonchev–Trinajstić information content (AvgIpc) is 3.37. The lowest BCUT2D eigenvalue weighted by molar-refractivity contribution is -0.131. The zero-order valence-electron chi connectivity index (χ0n) is 26.0. The van der Waals surface area contributed by atoms with E-state index in [-0.39, 0.29) is 11.7 Å². The van der Waals surface area contributed by atoms with Gasteiger partial charge in [-0.25, -0.2) is 4.79 Å². The Labute approximate surface area is 253 Å². The number of nitrogens with zero attached hydrogens (tertiary/aromatic N) is 3. The van der Waals surface area contributed by atoms with E-state index in [0.717, 1.165) is 45.4 Å². The molecule has 226 valence electrons. The fraction of sp³-hybridized carbons (Fsp3) is 0.471. The van der Waals surface area contributed by atoms with Crippen LogP contribution in [-0.2, 0) is 21.4 Å². The number of nitrogens with one attached hydrogen (secondary N) is 2. The van der Waals surface area contributed by atoms with Gasteiger partial charge in [0.1, 0.15) is 5.60 Å². The Hall–Kier alpha value is -4.32. The van der Waals surface area contributed by atoms with Gasteiger partial charge in [0.15, 0.2) is 5.78 Å². The SMILES string of the molecule is CCc1cc2c(cc1N1CCN(C(=O)CCCNC(=O)OC(C)(C)C)CC1)C(C)(C)c1[nH]c3cc(C#N)ccc3c1C2=O. The molecule has 0 saturated carbocycles. The second-order valence-electron chi connectivity index (χ2n) is 13.0. The molecule has 0 atom stereocenters. The number of anilines is 1. The molecule has 2 aromatic carbocycles. The molecule has 2 aliphatic rings. The van der Waals surface area contributed by atoms with Crippen molar-refractivity contribution in [2.45, 2.75) is 71.8 Å². The molecule has 2 N–H and O–H groups in total. The molecule has 1 fully saturated rings. The van der Waals surface area contributed by atoms with E-state index in [1.807, 2.05) is 37.8 Å². The number of aryl methyl sites for hydroxylation is 1. The van der Waals surface area contributed by atoms with E-state index in [1.165, 1.54) is 0 Å². The Morgan fingerprint density at radius 1 is 1.12 bits per heavy atom. The van der Waals surface area contributed by atoms with Gasteiger partial charge in [0.05, 0.1) is 17.2 Å². The number of aromatic amines is 1. The number of hydrogen-bond donors (Lipinski definition) is 2. The fourth-order valence-corrected chi connectivity index (χ4v) is 6.26. The molecule has 0 unspecified atom stereocenters. The van der Waals surface area contributed by atoms with Crippen LogP contribution in [0.3, 0.4) is 0 Å². The van der Waals surface area contributed by atoms with Gasteiger partial charge in [-0.15, -0.1) is 0 Å². The summed E-state index contributed by atoms with van der Waals surface area (Å²) in [5.74, 6) is 0.0996. The van der Waals surface area contributed by atoms with E-state index >= 15 is 0 Å². The summed E-state index contributed by atoms with van der Waals surface area (Å²) >= 11 is 0. The van der Waals surface area contributed by atoms with Gasteiger partial charge in [0.25, 0.3) is 0 Å². The number of alkyl carbamates (subject to hydrolysis) is 1. The summed E-state index contributed by atoms with van der Waals surface area (Å²) in [6.07, 6.45) is 1.24. The largest absolute Gasteiger partial charge is 0.444 e. The second-order valence-corrected chi connectivity index (χ2v) is 13.0. The van der Waals surface area contributed by atoms with Crippen molar-refractivity contribution in [1.29, 1.82) is 5.26 Å². The normalized spacial score (nSPS) is 16.0. The number of carbonyl (C=O) groups is 3. The van der Waals surface area contributed by atoms with Crippen LogP contribution in [0.2, 0.25) is 0 Å². The van der Waals surface area contributed by atoms with E-state index < -0.39 is 17.1 Å². The highest BCUT2D eigenvalue weighted by molar-refractivity contribution is 6.20. The molecule has 9 nitrogen and oxygen atoms in total. The Morgan fingerprint density at radius 3 is 2.49 bits per heavy atom.